The zero-order chi connectivity index (χ0) is 23.5. The van der Waals surface area contributed by atoms with Crippen LogP contribution in [0.3, 0.4) is 0 Å². The molecule has 6 rings (SSSR count). The molecule has 2 aliphatic carbocycles. The summed E-state index contributed by atoms with van der Waals surface area (Å²) in [6.07, 6.45) is 0. The first-order valence-electron chi connectivity index (χ1n) is 11.2. The van der Waals surface area contributed by atoms with Crippen LogP contribution in [0.15, 0.2) is 97.1 Å². The highest BCUT2D eigenvalue weighted by Crippen LogP contribution is 2.65. The Morgan fingerprint density at radius 3 is 0.941 bits per heavy atom. The maximum absolute atomic E-state index is 14.3. The van der Waals surface area contributed by atoms with Crippen molar-refractivity contribution in [3.8, 4) is 22.3 Å². The molecule has 166 valence electrons. The van der Waals surface area contributed by atoms with Crippen LogP contribution in [0.1, 0.15) is 22.3 Å². The third-order valence-electron chi connectivity index (χ3n) is 7.45. The van der Waals surface area contributed by atoms with E-state index < -0.39 is 22.8 Å². The molecule has 34 heavy (non-hydrogen) atoms. The fraction of sp³-hybridized carbons (Fsp3) is 0.133. The SMILES string of the molecule is COC(=O)C1(C2(C(=O)OC)c3ccccc3-c3ccccc32)c2ccccc2-c2ccccc21. The van der Waals surface area contributed by atoms with Gasteiger partial charge in [-0.1, -0.05) is 97.1 Å². The third-order valence-corrected chi connectivity index (χ3v) is 7.45. The average molecular weight is 447 g/mol. The van der Waals surface area contributed by atoms with E-state index in [2.05, 4.69) is 0 Å². The second-order valence-corrected chi connectivity index (χ2v) is 8.67. The van der Waals surface area contributed by atoms with E-state index in [1.54, 1.807) is 0 Å². The maximum Gasteiger partial charge on any atom is 0.322 e. The van der Waals surface area contributed by atoms with Crippen molar-refractivity contribution >= 4 is 11.9 Å². The first kappa shape index (κ1) is 20.4. The number of methoxy groups -OCH3 is 2. The van der Waals surface area contributed by atoms with Gasteiger partial charge < -0.3 is 9.47 Å². The molecule has 0 unspecified atom stereocenters. The Balaban J connectivity index is 1.91. The van der Waals surface area contributed by atoms with Gasteiger partial charge in [0.1, 0.15) is 10.8 Å². The standard InChI is InChI=1S/C30H22O4/c1-33-27(31)29(23-15-7-3-11-19(23)20-12-4-8-16-24(20)29)30(28(32)34-2)25-17-9-5-13-21(25)22-14-6-10-18-26(22)30/h3-18H,1-2H3. The third kappa shape index (κ3) is 2.13. The number of ether oxygens (including phenoxy) is 2. The molecule has 4 heteroatoms. The summed E-state index contributed by atoms with van der Waals surface area (Å²) in [6, 6.07) is 31.1. The van der Waals surface area contributed by atoms with Gasteiger partial charge in [0, 0.05) is 0 Å². The topological polar surface area (TPSA) is 52.6 Å². The Kier molecular flexibility index (Phi) is 4.30. The molecule has 0 saturated carbocycles. The van der Waals surface area contributed by atoms with Crippen molar-refractivity contribution in [1.82, 2.24) is 0 Å². The molecule has 2 aliphatic rings. The van der Waals surface area contributed by atoms with Crippen molar-refractivity contribution < 1.29 is 19.1 Å². The van der Waals surface area contributed by atoms with Gasteiger partial charge in [-0.15, -0.1) is 0 Å². The van der Waals surface area contributed by atoms with Crippen molar-refractivity contribution in [1.29, 1.82) is 0 Å². The van der Waals surface area contributed by atoms with Crippen LogP contribution < -0.4 is 0 Å². The molecule has 4 aromatic rings. The summed E-state index contributed by atoms with van der Waals surface area (Å²) in [6.45, 7) is 0. The molecular weight excluding hydrogens is 424 g/mol. The largest absolute Gasteiger partial charge is 0.468 e. The minimum absolute atomic E-state index is 0.498. The Bertz CT molecular complexity index is 1280. The van der Waals surface area contributed by atoms with Crippen molar-refractivity contribution in [2.24, 2.45) is 0 Å². The fourth-order valence-corrected chi connectivity index (χ4v) is 6.33. The predicted octanol–water partition coefficient (Wildman–Crippen LogP) is 5.27. The highest BCUT2D eigenvalue weighted by Gasteiger charge is 2.71. The normalized spacial score (nSPS) is 15.5. The highest BCUT2D eigenvalue weighted by atomic mass is 16.5. The van der Waals surface area contributed by atoms with Crippen LogP contribution in [0.25, 0.3) is 22.3 Å². The van der Waals surface area contributed by atoms with Gasteiger partial charge >= 0.3 is 11.9 Å². The number of hydrogen-bond donors (Lipinski definition) is 0. The lowest BCUT2D eigenvalue weighted by Crippen LogP contribution is -2.59. The zero-order valence-corrected chi connectivity index (χ0v) is 18.9. The van der Waals surface area contributed by atoms with Crippen molar-refractivity contribution in [2.75, 3.05) is 14.2 Å². The molecule has 0 bridgehead atoms. The summed E-state index contributed by atoms with van der Waals surface area (Å²) in [4.78, 5) is 28.5. The van der Waals surface area contributed by atoms with E-state index in [0.717, 1.165) is 44.5 Å². The minimum atomic E-state index is -1.48. The van der Waals surface area contributed by atoms with Gasteiger partial charge in [-0.05, 0) is 44.5 Å². The second-order valence-electron chi connectivity index (χ2n) is 8.67. The van der Waals surface area contributed by atoms with E-state index in [0.29, 0.717) is 0 Å². The number of carbonyl (C=O) groups is 2. The second kappa shape index (κ2) is 7.16. The van der Waals surface area contributed by atoms with E-state index in [9.17, 15) is 9.59 Å². The van der Waals surface area contributed by atoms with Gasteiger partial charge in [0.2, 0.25) is 0 Å². The summed E-state index contributed by atoms with van der Waals surface area (Å²) >= 11 is 0. The van der Waals surface area contributed by atoms with Crippen LogP contribution in [0.5, 0.6) is 0 Å². The van der Waals surface area contributed by atoms with Crippen LogP contribution in [-0.2, 0) is 29.9 Å². The van der Waals surface area contributed by atoms with Gasteiger partial charge in [0.25, 0.3) is 0 Å². The zero-order valence-electron chi connectivity index (χ0n) is 18.9. The number of rotatable bonds is 3. The van der Waals surface area contributed by atoms with Gasteiger partial charge in [0.15, 0.2) is 0 Å². The summed E-state index contributed by atoms with van der Waals surface area (Å²) in [5.41, 5.74) is 3.62. The summed E-state index contributed by atoms with van der Waals surface area (Å²) < 4.78 is 11.1. The lowest BCUT2D eigenvalue weighted by atomic mass is 9.54. The molecule has 0 radical (unpaired) electrons. The fourth-order valence-electron chi connectivity index (χ4n) is 6.33. The van der Waals surface area contributed by atoms with Crippen molar-refractivity contribution in [2.45, 2.75) is 10.8 Å². The van der Waals surface area contributed by atoms with Crippen molar-refractivity contribution in [3.05, 3.63) is 119 Å². The number of esters is 2. The number of carbonyl (C=O) groups excluding carboxylic acids is 2. The molecule has 0 N–H and O–H groups in total. The number of fused-ring (bicyclic) bond motifs is 6. The molecule has 0 fully saturated rings. The molecular formula is C30H22O4. The molecule has 0 aliphatic heterocycles. The Morgan fingerprint density at radius 2 is 0.706 bits per heavy atom. The van der Waals surface area contributed by atoms with Crippen molar-refractivity contribution in [3.63, 3.8) is 0 Å². The van der Waals surface area contributed by atoms with Gasteiger partial charge in [-0.3, -0.25) is 9.59 Å². The Labute approximate surface area is 197 Å². The molecule has 4 aromatic carbocycles. The molecule has 0 amide bonds. The average Bonchev–Trinajstić information content (AvgIpc) is 3.37. The minimum Gasteiger partial charge on any atom is -0.468 e. The molecule has 0 heterocycles. The summed E-state index contributed by atoms with van der Waals surface area (Å²) in [5, 5.41) is 0. The van der Waals surface area contributed by atoms with E-state index in [-0.39, 0.29) is 0 Å². The lowest BCUT2D eigenvalue weighted by molar-refractivity contribution is -0.158. The maximum atomic E-state index is 14.3. The van der Waals surface area contributed by atoms with Crippen LogP contribution in [-0.4, -0.2) is 26.2 Å². The predicted molar refractivity (Wildman–Crippen MR) is 129 cm³/mol. The van der Waals surface area contributed by atoms with E-state index in [1.165, 1.54) is 14.2 Å². The monoisotopic (exact) mass is 446 g/mol. The summed E-state index contributed by atoms with van der Waals surface area (Å²) in [5.74, 6) is -0.997. The Hall–Kier alpha value is -4.18. The molecule has 0 saturated heterocycles. The molecule has 0 aromatic heterocycles. The first-order valence-corrected chi connectivity index (χ1v) is 11.2. The number of benzene rings is 4. The molecule has 0 spiro atoms. The van der Waals surface area contributed by atoms with Gasteiger partial charge in [0.05, 0.1) is 14.2 Å². The quantitative estimate of drug-likeness (QED) is 0.403. The van der Waals surface area contributed by atoms with Crippen LogP contribution in [0.2, 0.25) is 0 Å². The Morgan fingerprint density at radius 1 is 0.471 bits per heavy atom. The van der Waals surface area contributed by atoms with Gasteiger partial charge in [-0.2, -0.15) is 0 Å². The highest BCUT2D eigenvalue weighted by molar-refractivity contribution is 6.11. The van der Waals surface area contributed by atoms with Crippen LogP contribution >= 0.6 is 0 Å². The van der Waals surface area contributed by atoms with E-state index in [1.807, 2.05) is 97.1 Å². The van der Waals surface area contributed by atoms with Crippen LogP contribution in [0.4, 0.5) is 0 Å². The van der Waals surface area contributed by atoms with Crippen LogP contribution in [0, 0.1) is 0 Å². The number of hydrogen-bond acceptors (Lipinski definition) is 4. The van der Waals surface area contributed by atoms with E-state index in [4.69, 9.17) is 9.47 Å². The first-order chi connectivity index (χ1) is 16.6. The van der Waals surface area contributed by atoms with E-state index >= 15 is 0 Å². The summed E-state index contributed by atoms with van der Waals surface area (Å²) in [7, 11) is 2.76. The van der Waals surface area contributed by atoms with Gasteiger partial charge in [-0.25, -0.2) is 0 Å². The smallest absolute Gasteiger partial charge is 0.322 e. The lowest BCUT2D eigenvalue weighted by Gasteiger charge is -2.44. The molecule has 0 atom stereocenters. The molecule has 4 nitrogen and oxygen atoms in total.